The molecule has 0 aliphatic carbocycles. The van der Waals surface area contributed by atoms with Gasteiger partial charge in [-0.2, -0.15) is 0 Å². The van der Waals surface area contributed by atoms with E-state index in [9.17, 15) is 9.59 Å². The first-order valence-corrected chi connectivity index (χ1v) is 8.99. The van der Waals surface area contributed by atoms with Crippen LogP contribution in [0.2, 0.25) is 0 Å². The normalized spacial score (nSPS) is 19.9. The van der Waals surface area contributed by atoms with Crippen LogP contribution in [0.25, 0.3) is 0 Å². The number of hydrogen-bond donors (Lipinski definition) is 0. The van der Waals surface area contributed by atoms with Gasteiger partial charge in [-0.25, -0.2) is 9.59 Å². The zero-order chi connectivity index (χ0) is 20.4. The van der Waals surface area contributed by atoms with Crippen LogP contribution < -0.4 is 4.74 Å². The molecule has 0 saturated carbocycles. The first-order chi connectivity index (χ1) is 12.6. The summed E-state index contributed by atoms with van der Waals surface area (Å²) in [6.45, 7) is 6.14. The van der Waals surface area contributed by atoms with Crippen LogP contribution in [0.5, 0.6) is 5.75 Å². The van der Waals surface area contributed by atoms with Crippen molar-refractivity contribution in [3.63, 3.8) is 0 Å². The predicted octanol–water partition coefficient (Wildman–Crippen LogP) is 3.09. The number of carbonyl (C=O) groups excluding carboxylic acids is 2. The van der Waals surface area contributed by atoms with Gasteiger partial charge < -0.3 is 19.1 Å². The molecule has 0 spiro atoms. The van der Waals surface area contributed by atoms with E-state index in [1.54, 1.807) is 17.0 Å². The van der Waals surface area contributed by atoms with Crippen LogP contribution >= 0.6 is 0 Å². The molecule has 1 fully saturated rings. The number of amides is 1. The summed E-state index contributed by atoms with van der Waals surface area (Å²) in [5.41, 5.74) is 0.689. The van der Waals surface area contributed by atoms with E-state index in [4.69, 9.17) is 14.2 Å². The van der Waals surface area contributed by atoms with Gasteiger partial charge in [-0.15, -0.1) is 0 Å². The maximum Gasteiger partial charge on any atom is 0.410 e. The number of likely N-dealkylation sites (tertiary alicyclic amines) is 1. The second kappa shape index (κ2) is 8.17. The number of methoxy groups -OCH3 is 2. The van der Waals surface area contributed by atoms with Crippen LogP contribution in [0, 0.1) is 0 Å². The summed E-state index contributed by atoms with van der Waals surface area (Å²) in [7, 11) is 6.84. The topological polar surface area (TPSA) is 68.3 Å². The van der Waals surface area contributed by atoms with E-state index in [1.807, 2.05) is 40.9 Å². The summed E-state index contributed by atoms with van der Waals surface area (Å²) in [6, 6.07) is 5.37. The lowest BCUT2D eigenvalue weighted by Crippen LogP contribution is -2.38. The molecule has 1 aliphatic heterocycles. The van der Waals surface area contributed by atoms with E-state index in [1.165, 1.54) is 14.2 Å². The Morgan fingerprint density at radius 2 is 1.85 bits per heavy atom. The second-order valence-electron chi connectivity index (χ2n) is 7.95. The fourth-order valence-electron chi connectivity index (χ4n) is 3.22. The van der Waals surface area contributed by atoms with Crippen molar-refractivity contribution >= 4 is 12.1 Å². The number of nitrogens with zero attached hydrogens (tertiary/aromatic N) is 2. The zero-order valence-electron chi connectivity index (χ0n) is 17.2. The van der Waals surface area contributed by atoms with E-state index in [2.05, 4.69) is 4.90 Å². The van der Waals surface area contributed by atoms with Gasteiger partial charge in [0.15, 0.2) is 0 Å². The molecule has 1 aromatic rings. The summed E-state index contributed by atoms with van der Waals surface area (Å²) in [4.78, 5) is 28.5. The van der Waals surface area contributed by atoms with Crippen LogP contribution in [0.3, 0.4) is 0 Å². The molecule has 1 saturated heterocycles. The largest absolute Gasteiger partial charge is 0.496 e. The molecule has 0 radical (unpaired) electrons. The Hall–Kier alpha value is -2.28. The molecule has 1 aromatic carbocycles. The average molecular weight is 378 g/mol. The number of rotatable bonds is 4. The molecule has 1 heterocycles. The summed E-state index contributed by atoms with van der Waals surface area (Å²) >= 11 is 0. The van der Waals surface area contributed by atoms with Gasteiger partial charge in [0, 0.05) is 12.6 Å². The van der Waals surface area contributed by atoms with Crippen molar-refractivity contribution in [1.82, 2.24) is 9.80 Å². The van der Waals surface area contributed by atoms with Gasteiger partial charge in [0.05, 0.1) is 20.3 Å². The molecule has 27 heavy (non-hydrogen) atoms. The Labute approximate surface area is 161 Å². The van der Waals surface area contributed by atoms with Crippen LogP contribution in [0.4, 0.5) is 4.79 Å². The number of ether oxygens (including phenoxy) is 3. The third-order valence-corrected chi connectivity index (χ3v) is 4.65. The van der Waals surface area contributed by atoms with Gasteiger partial charge in [0.2, 0.25) is 0 Å². The van der Waals surface area contributed by atoms with Gasteiger partial charge in [-0.1, -0.05) is 6.07 Å². The highest BCUT2D eigenvalue weighted by Gasteiger charge is 2.39. The first-order valence-electron chi connectivity index (χ1n) is 8.99. The van der Waals surface area contributed by atoms with Crippen LogP contribution in [-0.4, -0.2) is 68.4 Å². The minimum Gasteiger partial charge on any atom is -0.496 e. The van der Waals surface area contributed by atoms with Crippen molar-refractivity contribution in [2.45, 2.75) is 44.9 Å². The number of benzene rings is 1. The Bertz CT molecular complexity index is 696. The molecule has 1 aliphatic rings. The highest BCUT2D eigenvalue weighted by molar-refractivity contribution is 5.92. The Kier molecular flexibility index (Phi) is 6.36. The standard InChI is InChI=1S/C20H30N2O5/c1-20(2,3)27-19(24)22-12-14(21(4)5)11-16(22)13-8-9-15(18(23)26-7)17(10-13)25-6/h8-10,14,16H,11-12H2,1-7H3/t14-,16-/m0/s1. The Balaban J connectivity index is 2.37. The fraction of sp³-hybridized carbons (Fsp3) is 0.600. The van der Waals surface area contributed by atoms with Crippen molar-refractivity contribution in [3.8, 4) is 5.75 Å². The fourth-order valence-corrected chi connectivity index (χ4v) is 3.22. The molecule has 150 valence electrons. The number of likely N-dealkylation sites (N-methyl/N-ethyl adjacent to an activating group) is 1. The van der Waals surface area contributed by atoms with Crippen molar-refractivity contribution in [2.24, 2.45) is 0 Å². The van der Waals surface area contributed by atoms with Crippen LogP contribution in [-0.2, 0) is 9.47 Å². The minimum absolute atomic E-state index is 0.159. The third kappa shape index (κ3) is 4.91. The summed E-state index contributed by atoms with van der Waals surface area (Å²) in [5, 5.41) is 0. The van der Waals surface area contributed by atoms with E-state index < -0.39 is 11.6 Å². The number of hydrogen-bond acceptors (Lipinski definition) is 6. The maximum atomic E-state index is 12.8. The molecule has 7 heteroatoms. The van der Waals surface area contributed by atoms with Crippen molar-refractivity contribution in [3.05, 3.63) is 29.3 Å². The van der Waals surface area contributed by atoms with Crippen LogP contribution in [0.1, 0.15) is 49.2 Å². The maximum absolute atomic E-state index is 12.8. The Morgan fingerprint density at radius 1 is 1.19 bits per heavy atom. The van der Waals surface area contributed by atoms with Gasteiger partial charge in [-0.3, -0.25) is 4.90 Å². The smallest absolute Gasteiger partial charge is 0.410 e. The lowest BCUT2D eigenvalue weighted by atomic mass is 10.0. The van der Waals surface area contributed by atoms with Gasteiger partial charge in [0.25, 0.3) is 0 Å². The number of carbonyl (C=O) groups is 2. The first kappa shape index (κ1) is 21.0. The molecule has 0 unspecified atom stereocenters. The van der Waals surface area contributed by atoms with Crippen molar-refractivity contribution in [1.29, 1.82) is 0 Å². The summed E-state index contributed by atoms with van der Waals surface area (Å²) in [6.07, 6.45) is 0.431. The summed E-state index contributed by atoms with van der Waals surface area (Å²) in [5.74, 6) is -0.0308. The molecular weight excluding hydrogens is 348 g/mol. The monoisotopic (exact) mass is 378 g/mol. The molecule has 2 rings (SSSR count). The highest BCUT2D eigenvalue weighted by Crippen LogP contribution is 2.37. The van der Waals surface area contributed by atoms with E-state index >= 15 is 0 Å². The van der Waals surface area contributed by atoms with Gasteiger partial charge in [0.1, 0.15) is 16.9 Å². The molecule has 0 bridgehead atoms. The van der Waals surface area contributed by atoms with Crippen molar-refractivity contribution < 1.29 is 23.8 Å². The SMILES string of the molecule is COC(=O)c1ccc([C@@H]2C[C@H](N(C)C)CN2C(=O)OC(C)(C)C)cc1OC. The van der Waals surface area contributed by atoms with E-state index in [0.717, 1.165) is 12.0 Å². The van der Waals surface area contributed by atoms with E-state index in [0.29, 0.717) is 17.9 Å². The summed E-state index contributed by atoms with van der Waals surface area (Å²) < 4.78 is 15.8. The highest BCUT2D eigenvalue weighted by atomic mass is 16.6. The molecule has 2 atom stereocenters. The van der Waals surface area contributed by atoms with Gasteiger partial charge >= 0.3 is 12.1 Å². The van der Waals surface area contributed by atoms with Crippen LogP contribution in [0.15, 0.2) is 18.2 Å². The Morgan fingerprint density at radius 3 is 2.37 bits per heavy atom. The van der Waals surface area contributed by atoms with Crippen molar-refractivity contribution in [2.75, 3.05) is 34.9 Å². The molecular formula is C20H30N2O5. The predicted molar refractivity (Wildman–Crippen MR) is 102 cm³/mol. The lowest BCUT2D eigenvalue weighted by molar-refractivity contribution is 0.0216. The van der Waals surface area contributed by atoms with Gasteiger partial charge in [-0.05, 0) is 59.0 Å². The quantitative estimate of drug-likeness (QED) is 0.750. The minimum atomic E-state index is -0.565. The molecule has 7 nitrogen and oxygen atoms in total. The van der Waals surface area contributed by atoms with E-state index in [-0.39, 0.29) is 18.2 Å². The average Bonchev–Trinajstić information content (AvgIpc) is 3.05. The number of esters is 1. The zero-order valence-corrected chi connectivity index (χ0v) is 17.2. The molecule has 0 aromatic heterocycles. The molecule has 1 amide bonds. The second-order valence-corrected chi connectivity index (χ2v) is 7.95. The molecule has 0 N–H and O–H groups in total. The lowest BCUT2D eigenvalue weighted by Gasteiger charge is -2.29. The third-order valence-electron chi connectivity index (χ3n) is 4.65.